The predicted octanol–water partition coefficient (Wildman–Crippen LogP) is 1.22. The van der Waals surface area contributed by atoms with Gasteiger partial charge in [0.2, 0.25) is 5.89 Å². The van der Waals surface area contributed by atoms with Crippen molar-refractivity contribution in [3.8, 4) is 0 Å². The van der Waals surface area contributed by atoms with Gasteiger partial charge in [-0.25, -0.2) is 0 Å². The molecule has 1 aromatic heterocycles. The number of nitrogens with zero attached hydrogens (tertiary/aromatic N) is 3. The minimum Gasteiger partial charge on any atom is -0.396 e. The van der Waals surface area contributed by atoms with Crippen molar-refractivity contribution in [1.82, 2.24) is 15.0 Å². The van der Waals surface area contributed by atoms with Crippen molar-refractivity contribution in [1.29, 1.82) is 0 Å². The van der Waals surface area contributed by atoms with Crippen molar-refractivity contribution < 1.29 is 9.63 Å². The quantitative estimate of drug-likeness (QED) is 0.759. The molecule has 0 aliphatic carbocycles. The molecule has 0 unspecified atom stereocenters. The lowest BCUT2D eigenvalue weighted by Gasteiger charge is -2.24. The first-order chi connectivity index (χ1) is 7.67. The van der Waals surface area contributed by atoms with Gasteiger partial charge in [-0.2, -0.15) is 4.98 Å². The number of hydrogen-bond acceptors (Lipinski definition) is 5. The van der Waals surface area contributed by atoms with Crippen molar-refractivity contribution in [3.63, 3.8) is 0 Å². The lowest BCUT2D eigenvalue weighted by Crippen LogP contribution is -2.32. The standard InChI is InChI=1S/C11H21N3O2/c1-4-11-12-10(13-16-11)8-14(9(2)3)6-5-7-15/h9,15H,4-8H2,1-3H3. The van der Waals surface area contributed by atoms with Gasteiger partial charge in [0.1, 0.15) is 0 Å². The molecule has 0 fully saturated rings. The summed E-state index contributed by atoms with van der Waals surface area (Å²) in [5.74, 6) is 1.41. The molecule has 1 rings (SSSR count). The van der Waals surface area contributed by atoms with E-state index in [1.54, 1.807) is 0 Å². The minimum atomic E-state index is 0.218. The molecular weight excluding hydrogens is 206 g/mol. The van der Waals surface area contributed by atoms with Crippen LogP contribution >= 0.6 is 0 Å². The van der Waals surface area contributed by atoms with Gasteiger partial charge >= 0.3 is 0 Å². The zero-order chi connectivity index (χ0) is 12.0. The summed E-state index contributed by atoms with van der Waals surface area (Å²) in [6.45, 7) is 7.99. The zero-order valence-corrected chi connectivity index (χ0v) is 10.3. The minimum absolute atomic E-state index is 0.218. The van der Waals surface area contributed by atoms with Gasteiger partial charge in [0.15, 0.2) is 5.82 Å². The van der Waals surface area contributed by atoms with E-state index < -0.39 is 0 Å². The fourth-order valence-electron chi connectivity index (χ4n) is 1.47. The summed E-state index contributed by atoms with van der Waals surface area (Å²) in [5, 5.41) is 12.8. The maximum atomic E-state index is 8.83. The van der Waals surface area contributed by atoms with E-state index in [0.717, 1.165) is 25.2 Å². The molecule has 0 spiro atoms. The van der Waals surface area contributed by atoms with Crippen LogP contribution in [0.3, 0.4) is 0 Å². The van der Waals surface area contributed by atoms with Gasteiger partial charge < -0.3 is 9.63 Å². The van der Waals surface area contributed by atoms with Crippen LogP contribution in [0.25, 0.3) is 0 Å². The Morgan fingerprint density at radius 1 is 1.44 bits per heavy atom. The molecule has 0 saturated carbocycles. The van der Waals surface area contributed by atoms with Gasteiger partial charge in [-0.05, 0) is 20.3 Å². The summed E-state index contributed by atoms with van der Waals surface area (Å²) in [7, 11) is 0. The van der Waals surface area contributed by atoms with Gasteiger partial charge in [-0.15, -0.1) is 0 Å². The van der Waals surface area contributed by atoms with Crippen LogP contribution in [0.5, 0.6) is 0 Å². The van der Waals surface area contributed by atoms with Gasteiger partial charge in [-0.3, -0.25) is 4.90 Å². The molecule has 0 bridgehead atoms. The predicted molar refractivity (Wildman–Crippen MR) is 60.9 cm³/mol. The molecule has 1 aromatic rings. The third-order valence-corrected chi connectivity index (χ3v) is 2.49. The number of aliphatic hydroxyl groups is 1. The molecule has 1 N–H and O–H groups in total. The molecule has 0 atom stereocenters. The highest BCUT2D eigenvalue weighted by Crippen LogP contribution is 2.07. The van der Waals surface area contributed by atoms with E-state index >= 15 is 0 Å². The molecule has 0 aliphatic rings. The highest BCUT2D eigenvalue weighted by Gasteiger charge is 2.13. The topological polar surface area (TPSA) is 62.4 Å². The van der Waals surface area contributed by atoms with Gasteiger partial charge in [0.05, 0.1) is 6.54 Å². The summed E-state index contributed by atoms with van der Waals surface area (Å²) >= 11 is 0. The second-order valence-electron chi connectivity index (χ2n) is 4.10. The first kappa shape index (κ1) is 13.1. The van der Waals surface area contributed by atoms with Crippen molar-refractivity contribution in [2.75, 3.05) is 13.2 Å². The molecule has 1 heterocycles. The highest BCUT2D eigenvalue weighted by molar-refractivity contribution is 4.86. The summed E-state index contributed by atoms with van der Waals surface area (Å²) < 4.78 is 5.06. The average Bonchev–Trinajstić information content (AvgIpc) is 2.71. The van der Waals surface area contributed by atoms with Crippen LogP contribution in [-0.4, -0.2) is 39.3 Å². The van der Waals surface area contributed by atoms with E-state index in [0.29, 0.717) is 18.5 Å². The first-order valence-electron chi connectivity index (χ1n) is 5.83. The normalized spacial score (nSPS) is 11.6. The van der Waals surface area contributed by atoms with Crippen LogP contribution in [0.15, 0.2) is 4.52 Å². The summed E-state index contributed by atoms with van der Waals surface area (Å²) in [4.78, 5) is 6.50. The Labute approximate surface area is 96.5 Å². The maximum Gasteiger partial charge on any atom is 0.226 e. The molecule has 0 saturated heterocycles. The van der Waals surface area contributed by atoms with Crippen LogP contribution in [0.4, 0.5) is 0 Å². The van der Waals surface area contributed by atoms with E-state index in [1.165, 1.54) is 0 Å². The van der Waals surface area contributed by atoms with Crippen molar-refractivity contribution in [2.24, 2.45) is 0 Å². The van der Waals surface area contributed by atoms with E-state index in [1.807, 2.05) is 6.92 Å². The summed E-state index contributed by atoms with van der Waals surface area (Å²) in [6.07, 6.45) is 1.54. The molecule has 92 valence electrons. The number of aromatic nitrogens is 2. The Morgan fingerprint density at radius 3 is 2.69 bits per heavy atom. The fourth-order valence-corrected chi connectivity index (χ4v) is 1.47. The van der Waals surface area contributed by atoms with Gasteiger partial charge in [-0.1, -0.05) is 12.1 Å². The SMILES string of the molecule is CCc1nc(CN(CCCO)C(C)C)no1. The lowest BCUT2D eigenvalue weighted by atomic mass is 10.3. The number of aliphatic hydroxyl groups excluding tert-OH is 1. The summed E-state index contributed by atoms with van der Waals surface area (Å²) in [5.41, 5.74) is 0. The van der Waals surface area contributed by atoms with Crippen molar-refractivity contribution in [3.05, 3.63) is 11.7 Å². The highest BCUT2D eigenvalue weighted by atomic mass is 16.5. The Kier molecular flexibility index (Phi) is 5.42. The largest absolute Gasteiger partial charge is 0.396 e. The Bertz CT molecular complexity index is 299. The van der Waals surface area contributed by atoms with Crippen LogP contribution in [0.1, 0.15) is 38.9 Å². The number of aryl methyl sites for hydroxylation is 1. The first-order valence-corrected chi connectivity index (χ1v) is 5.83. The molecule has 16 heavy (non-hydrogen) atoms. The van der Waals surface area contributed by atoms with Crippen molar-refractivity contribution >= 4 is 0 Å². The molecule has 0 amide bonds. The average molecular weight is 227 g/mol. The maximum absolute atomic E-state index is 8.83. The van der Waals surface area contributed by atoms with Gasteiger partial charge in [0, 0.05) is 25.6 Å². The van der Waals surface area contributed by atoms with E-state index in [2.05, 4.69) is 28.9 Å². The second-order valence-corrected chi connectivity index (χ2v) is 4.10. The second kappa shape index (κ2) is 6.60. The fraction of sp³-hybridized carbons (Fsp3) is 0.818. The molecule has 0 aromatic carbocycles. The smallest absolute Gasteiger partial charge is 0.226 e. The summed E-state index contributed by atoms with van der Waals surface area (Å²) in [6, 6.07) is 0.412. The molecular formula is C11H21N3O2. The molecule has 5 nitrogen and oxygen atoms in total. The number of rotatable bonds is 7. The van der Waals surface area contributed by atoms with E-state index in [9.17, 15) is 0 Å². The molecule has 5 heteroatoms. The Hall–Kier alpha value is -0.940. The van der Waals surface area contributed by atoms with Crippen LogP contribution in [0.2, 0.25) is 0 Å². The van der Waals surface area contributed by atoms with Gasteiger partial charge in [0.25, 0.3) is 0 Å². The van der Waals surface area contributed by atoms with Crippen molar-refractivity contribution in [2.45, 2.75) is 46.2 Å². The Balaban J connectivity index is 2.53. The van der Waals surface area contributed by atoms with E-state index in [-0.39, 0.29) is 6.61 Å². The molecule has 0 aliphatic heterocycles. The van der Waals surface area contributed by atoms with E-state index in [4.69, 9.17) is 9.63 Å². The Morgan fingerprint density at radius 2 is 2.19 bits per heavy atom. The lowest BCUT2D eigenvalue weighted by molar-refractivity contribution is 0.179. The van der Waals surface area contributed by atoms with Crippen LogP contribution < -0.4 is 0 Å². The monoisotopic (exact) mass is 227 g/mol. The third-order valence-electron chi connectivity index (χ3n) is 2.49. The molecule has 0 radical (unpaired) electrons. The number of hydrogen-bond donors (Lipinski definition) is 1. The van der Waals surface area contributed by atoms with Crippen LogP contribution in [0, 0.1) is 0 Å². The van der Waals surface area contributed by atoms with Crippen LogP contribution in [-0.2, 0) is 13.0 Å². The third kappa shape index (κ3) is 3.90. The zero-order valence-electron chi connectivity index (χ0n) is 10.3.